The molecule has 9 heteroatoms. The number of hydrogen-bond acceptors (Lipinski definition) is 6. The molecule has 0 spiro atoms. The molecule has 0 aliphatic rings. The second kappa shape index (κ2) is 9.92. The zero-order valence-corrected chi connectivity index (χ0v) is 20.0. The standard InChI is InChI=1S/C26H26N4O5/c1-5-35-26(33)20-15-19-23(27-21-8-6-7-13-29(21)25(19)32)30(16(2)3)24(20)28-22(31)14-17-9-11-18(34-4)12-10-17/h6-13,15-16H,5,14H2,1-4H3. The monoisotopic (exact) mass is 474 g/mol. The van der Waals surface area contributed by atoms with Crippen LogP contribution in [0.1, 0.15) is 42.7 Å². The lowest BCUT2D eigenvalue weighted by atomic mass is 10.1. The zero-order chi connectivity index (χ0) is 25.1. The van der Waals surface area contributed by atoms with Crippen LogP contribution in [-0.2, 0) is 16.0 Å². The van der Waals surface area contributed by atoms with Crippen LogP contribution in [0.4, 0.5) is 0 Å². The first-order chi connectivity index (χ1) is 16.8. The number of ether oxygens (including phenoxy) is 2. The minimum Gasteiger partial charge on any atom is -0.497 e. The highest BCUT2D eigenvalue weighted by Gasteiger charge is 2.21. The molecule has 0 atom stereocenters. The first kappa shape index (κ1) is 23.9. The van der Waals surface area contributed by atoms with Crippen LogP contribution in [0, 0.1) is 0 Å². The van der Waals surface area contributed by atoms with Crippen LogP contribution in [0.3, 0.4) is 0 Å². The number of hydrogen-bond donors (Lipinski definition) is 0. The molecule has 0 saturated heterocycles. The number of methoxy groups -OCH3 is 1. The Morgan fingerprint density at radius 1 is 1.11 bits per heavy atom. The van der Waals surface area contributed by atoms with E-state index in [4.69, 9.17) is 9.47 Å². The van der Waals surface area contributed by atoms with Crippen molar-refractivity contribution < 1.29 is 19.1 Å². The average molecular weight is 475 g/mol. The fourth-order valence-electron chi connectivity index (χ4n) is 3.88. The largest absolute Gasteiger partial charge is 0.497 e. The van der Waals surface area contributed by atoms with Crippen LogP contribution in [0.25, 0.3) is 16.7 Å². The second-order valence-electron chi connectivity index (χ2n) is 8.18. The molecular formula is C26H26N4O5. The maximum Gasteiger partial charge on any atom is 0.341 e. The molecule has 180 valence electrons. The summed E-state index contributed by atoms with van der Waals surface area (Å²) in [6.45, 7) is 5.56. The van der Waals surface area contributed by atoms with Gasteiger partial charge in [-0.25, -0.2) is 9.78 Å². The third-order valence-electron chi connectivity index (χ3n) is 5.49. The highest BCUT2D eigenvalue weighted by atomic mass is 16.5. The van der Waals surface area contributed by atoms with E-state index in [2.05, 4.69) is 9.98 Å². The van der Waals surface area contributed by atoms with Crippen molar-refractivity contribution in [3.63, 3.8) is 0 Å². The smallest absolute Gasteiger partial charge is 0.341 e. The van der Waals surface area contributed by atoms with Gasteiger partial charge in [0, 0.05) is 12.2 Å². The number of esters is 1. The summed E-state index contributed by atoms with van der Waals surface area (Å²) >= 11 is 0. The molecule has 0 bridgehead atoms. The predicted octanol–water partition coefficient (Wildman–Crippen LogP) is 3.09. The lowest BCUT2D eigenvalue weighted by Gasteiger charge is -2.17. The normalized spacial score (nSPS) is 11.9. The van der Waals surface area contributed by atoms with Crippen LogP contribution in [0.15, 0.2) is 64.5 Å². The van der Waals surface area contributed by atoms with Gasteiger partial charge in [0.05, 0.1) is 25.5 Å². The Balaban J connectivity index is 1.98. The third kappa shape index (κ3) is 4.70. The van der Waals surface area contributed by atoms with Gasteiger partial charge >= 0.3 is 5.97 Å². The van der Waals surface area contributed by atoms with Crippen LogP contribution < -0.4 is 15.8 Å². The topological polar surface area (TPSA) is 104 Å². The lowest BCUT2D eigenvalue weighted by molar-refractivity contribution is -0.117. The van der Waals surface area contributed by atoms with Gasteiger partial charge in [0.2, 0.25) is 0 Å². The molecule has 3 aromatic heterocycles. The SMILES string of the molecule is CCOC(=O)c1cc2c(=O)n3ccccc3nc2n(C(C)C)c1=NC(=O)Cc1ccc(OC)cc1. The Labute approximate surface area is 201 Å². The van der Waals surface area contributed by atoms with Crippen molar-refractivity contribution in [1.29, 1.82) is 0 Å². The Morgan fingerprint density at radius 3 is 2.51 bits per heavy atom. The molecule has 0 saturated carbocycles. The van der Waals surface area contributed by atoms with Crippen LogP contribution in [0.5, 0.6) is 5.75 Å². The van der Waals surface area contributed by atoms with Crippen molar-refractivity contribution in [2.45, 2.75) is 33.2 Å². The number of pyridine rings is 2. The molecule has 9 nitrogen and oxygen atoms in total. The van der Waals surface area contributed by atoms with Gasteiger partial charge in [0.15, 0.2) is 5.49 Å². The van der Waals surface area contributed by atoms with Gasteiger partial charge in [-0.05, 0) is 56.7 Å². The number of carbonyl (C=O) groups excluding carboxylic acids is 2. The average Bonchev–Trinajstić information content (AvgIpc) is 2.84. The maximum atomic E-state index is 13.3. The number of fused-ring (bicyclic) bond motifs is 2. The molecule has 0 aliphatic carbocycles. The highest BCUT2D eigenvalue weighted by Crippen LogP contribution is 2.16. The van der Waals surface area contributed by atoms with Crippen molar-refractivity contribution >= 4 is 28.6 Å². The molecule has 0 unspecified atom stereocenters. The number of rotatable bonds is 6. The zero-order valence-electron chi connectivity index (χ0n) is 20.0. The molecule has 1 aromatic carbocycles. The molecule has 0 fully saturated rings. The van der Waals surface area contributed by atoms with Crippen LogP contribution in [-0.4, -0.2) is 39.5 Å². The summed E-state index contributed by atoms with van der Waals surface area (Å²) in [6.07, 6.45) is 1.64. The molecule has 4 rings (SSSR count). The Hall–Kier alpha value is -4.27. The van der Waals surface area contributed by atoms with Gasteiger partial charge in [0.25, 0.3) is 11.5 Å². The molecule has 0 N–H and O–H groups in total. The van der Waals surface area contributed by atoms with E-state index in [9.17, 15) is 14.4 Å². The van der Waals surface area contributed by atoms with Gasteiger partial charge in [-0.3, -0.25) is 14.0 Å². The van der Waals surface area contributed by atoms with Crippen molar-refractivity contribution in [3.8, 4) is 5.75 Å². The number of carbonyl (C=O) groups is 2. The molecule has 0 aliphatic heterocycles. The lowest BCUT2D eigenvalue weighted by Crippen LogP contribution is -2.33. The molecule has 1 amide bonds. The van der Waals surface area contributed by atoms with E-state index in [0.29, 0.717) is 17.0 Å². The van der Waals surface area contributed by atoms with Crippen LogP contribution >= 0.6 is 0 Å². The van der Waals surface area contributed by atoms with Gasteiger partial charge in [-0.15, -0.1) is 0 Å². The minimum atomic E-state index is -0.669. The summed E-state index contributed by atoms with van der Waals surface area (Å²) < 4.78 is 13.5. The summed E-state index contributed by atoms with van der Waals surface area (Å²) in [5, 5.41) is 0.229. The summed E-state index contributed by atoms with van der Waals surface area (Å²) in [6, 6.07) is 13.5. The van der Waals surface area contributed by atoms with Crippen LogP contribution in [0.2, 0.25) is 0 Å². The maximum absolute atomic E-state index is 13.3. The number of amides is 1. The van der Waals surface area contributed by atoms with E-state index >= 15 is 0 Å². The van der Waals surface area contributed by atoms with E-state index in [0.717, 1.165) is 5.56 Å². The Morgan fingerprint density at radius 2 is 1.86 bits per heavy atom. The molecule has 35 heavy (non-hydrogen) atoms. The Kier molecular flexibility index (Phi) is 6.77. The highest BCUT2D eigenvalue weighted by molar-refractivity contribution is 5.94. The number of aromatic nitrogens is 3. The molecule has 0 radical (unpaired) electrons. The minimum absolute atomic E-state index is 0.0240. The Bertz CT molecular complexity index is 1550. The fraction of sp³-hybridized carbons (Fsp3) is 0.269. The molecule has 3 heterocycles. The van der Waals surface area contributed by atoms with E-state index in [1.54, 1.807) is 67.3 Å². The van der Waals surface area contributed by atoms with E-state index in [1.807, 2.05) is 13.8 Å². The van der Waals surface area contributed by atoms with Gasteiger partial charge in [-0.2, -0.15) is 4.99 Å². The first-order valence-electron chi connectivity index (χ1n) is 11.3. The van der Waals surface area contributed by atoms with E-state index in [-0.39, 0.29) is 41.1 Å². The third-order valence-corrected chi connectivity index (χ3v) is 5.49. The summed E-state index contributed by atoms with van der Waals surface area (Å²) in [5.74, 6) is -0.441. The van der Waals surface area contributed by atoms with Gasteiger partial charge in [-0.1, -0.05) is 18.2 Å². The van der Waals surface area contributed by atoms with Crippen molar-refractivity contribution in [3.05, 3.63) is 81.7 Å². The number of nitrogens with zero attached hydrogens (tertiary/aromatic N) is 4. The second-order valence-corrected chi connectivity index (χ2v) is 8.18. The van der Waals surface area contributed by atoms with Crippen molar-refractivity contribution in [2.24, 2.45) is 4.99 Å². The summed E-state index contributed by atoms with van der Waals surface area (Å²) in [7, 11) is 1.57. The van der Waals surface area contributed by atoms with E-state index in [1.165, 1.54) is 10.5 Å². The van der Waals surface area contributed by atoms with Gasteiger partial charge in [0.1, 0.15) is 22.6 Å². The summed E-state index contributed by atoms with van der Waals surface area (Å²) in [4.78, 5) is 48.2. The molecule has 4 aromatic rings. The predicted molar refractivity (Wildman–Crippen MR) is 131 cm³/mol. The fourth-order valence-corrected chi connectivity index (χ4v) is 3.88. The quantitative estimate of drug-likeness (QED) is 0.314. The molecular weight excluding hydrogens is 448 g/mol. The van der Waals surface area contributed by atoms with Crippen molar-refractivity contribution in [1.82, 2.24) is 14.0 Å². The first-order valence-corrected chi connectivity index (χ1v) is 11.3. The van der Waals surface area contributed by atoms with Gasteiger partial charge < -0.3 is 14.0 Å². The van der Waals surface area contributed by atoms with E-state index < -0.39 is 11.9 Å². The van der Waals surface area contributed by atoms with Crippen molar-refractivity contribution in [2.75, 3.05) is 13.7 Å². The summed E-state index contributed by atoms with van der Waals surface area (Å²) in [5.41, 5.74) is 1.33. The number of benzene rings is 1.